The number of methoxy groups -OCH3 is 2. The quantitative estimate of drug-likeness (QED) is 0.697. The third-order valence-electron chi connectivity index (χ3n) is 2.61. The van der Waals surface area contributed by atoms with Gasteiger partial charge in [0.1, 0.15) is 4.88 Å². The van der Waals surface area contributed by atoms with Gasteiger partial charge in [0.05, 0.1) is 26.2 Å². The average molecular weight is 296 g/mol. The van der Waals surface area contributed by atoms with Gasteiger partial charge in [-0.25, -0.2) is 9.78 Å². The van der Waals surface area contributed by atoms with E-state index < -0.39 is 0 Å². The summed E-state index contributed by atoms with van der Waals surface area (Å²) in [5, 5.41) is 1.89. The Labute approximate surface area is 119 Å². The van der Waals surface area contributed by atoms with E-state index >= 15 is 0 Å². The number of carbonyl (C=O) groups is 1. The summed E-state index contributed by atoms with van der Waals surface area (Å²) in [6.07, 6.45) is 1.48. The molecule has 100 valence electrons. The van der Waals surface area contributed by atoms with Gasteiger partial charge >= 0.3 is 5.97 Å². The van der Waals surface area contributed by atoms with Crippen molar-refractivity contribution < 1.29 is 14.3 Å². The van der Waals surface area contributed by atoms with Crippen LogP contribution in [0.25, 0.3) is 11.3 Å². The normalized spacial score (nSPS) is 10.3. The Morgan fingerprint density at radius 3 is 2.84 bits per heavy atom. The summed E-state index contributed by atoms with van der Waals surface area (Å²) < 4.78 is 10.4. The van der Waals surface area contributed by atoms with E-state index in [2.05, 4.69) is 9.97 Å². The lowest BCUT2D eigenvalue weighted by atomic mass is 10.1. The van der Waals surface area contributed by atoms with Crippen molar-refractivity contribution in [3.8, 4) is 17.0 Å². The molecule has 0 saturated heterocycles. The van der Waals surface area contributed by atoms with Crippen LogP contribution >= 0.6 is 23.6 Å². The number of aromatic nitrogens is 2. The van der Waals surface area contributed by atoms with Crippen molar-refractivity contribution in [3.63, 3.8) is 0 Å². The SMILES string of the molecule is COC(=O)c1scc(C)c1-c1[nH]cnc(=S)c1OC. The van der Waals surface area contributed by atoms with Crippen molar-refractivity contribution in [2.24, 2.45) is 0 Å². The van der Waals surface area contributed by atoms with Gasteiger partial charge in [0.25, 0.3) is 0 Å². The molecule has 7 heteroatoms. The second-order valence-corrected chi connectivity index (χ2v) is 5.00. The minimum absolute atomic E-state index is 0.345. The van der Waals surface area contributed by atoms with Crippen LogP contribution in [0.5, 0.6) is 5.75 Å². The fourth-order valence-corrected chi connectivity index (χ4v) is 2.97. The number of ether oxygens (including phenoxy) is 2. The molecule has 0 spiro atoms. The fourth-order valence-electron chi connectivity index (χ4n) is 1.76. The van der Waals surface area contributed by atoms with Crippen LogP contribution in [0.1, 0.15) is 15.2 Å². The number of nitrogens with one attached hydrogen (secondary N) is 1. The molecular formula is C12H12N2O3S2. The molecule has 5 nitrogen and oxygen atoms in total. The first-order valence-corrected chi connectivity index (χ1v) is 6.67. The summed E-state index contributed by atoms with van der Waals surface area (Å²) in [6, 6.07) is 0. The topological polar surface area (TPSA) is 64.2 Å². The van der Waals surface area contributed by atoms with Crippen LogP contribution < -0.4 is 4.74 Å². The Kier molecular flexibility index (Phi) is 3.96. The highest BCUT2D eigenvalue weighted by molar-refractivity contribution is 7.71. The molecule has 0 bridgehead atoms. The fraction of sp³-hybridized carbons (Fsp3) is 0.250. The second kappa shape index (κ2) is 5.50. The first kappa shape index (κ1) is 13.7. The Morgan fingerprint density at radius 2 is 2.21 bits per heavy atom. The van der Waals surface area contributed by atoms with Crippen LogP contribution in [-0.2, 0) is 4.74 Å². The van der Waals surface area contributed by atoms with Crippen LogP contribution in [0.15, 0.2) is 11.7 Å². The Balaban J connectivity index is 2.72. The van der Waals surface area contributed by atoms with Crippen LogP contribution in [-0.4, -0.2) is 30.2 Å². The van der Waals surface area contributed by atoms with E-state index in [1.165, 1.54) is 31.9 Å². The molecular weight excluding hydrogens is 284 g/mol. The first-order chi connectivity index (χ1) is 9.10. The van der Waals surface area contributed by atoms with E-state index in [9.17, 15) is 4.79 Å². The van der Waals surface area contributed by atoms with Gasteiger partial charge in [-0.1, -0.05) is 12.2 Å². The van der Waals surface area contributed by atoms with Gasteiger partial charge in [-0.15, -0.1) is 11.3 Å². The third kappa shape index (κ3) is 2.39. The average Bonchev–Trinajstić information content (AvgIpc) is 2.79. The third-order valence-corrected chi connectivity index (χ3v) is 3.98. The maximum Gasteiger partial charge on any atom is 0.348 e. The van der Waals surface area contributed by atoms with E-state index in [1.807, 2.05) is 12.3 Å². The number of nitrogens with zero attached hydrogens (tertiary/aromatic N) is 1. The molecule has 0 atom stereocenters. The number of H-pyrrole nitrogens is 1. The van der Waals surface area contributed by atoms with Gasteiger partial charge < -0.3 is 14.5 Å². The molecule has 2 aromatic rings. The lowest BCUT2D eigenvalue weighted by Crippen LogP contribution is -2.02. The lowest BCUT2D eigenvalue weighted by Gasteiger charge is -2.09. The van der Waals surface area contributed by atoms with Gasteiger partial charge in [0.15, 0.2) is 10.4 Å². The molecule has 0 aliphatic heterocycles. The summed E-state index contributed by atoms with van der Waals surface area (Å²) in [4.78, 5) is 19.3. The molecule has 0 unspecified atom stereocenters. The zero-order valence-corrected chi connectivity index (χ0v) is 12.3. The van der Waals surface area contributed by atoms with Crippen molar-refractivity contribution >= 4 is 29.5 Å². The molecule has 0 saturated carbocycles. The Bertz CT molecular complexity index is 676. The van der Waals surface area contributed by atoms with Crippen LogP contribution in [0.3, 0.4) is 0 Å². The van der Waals surface area contributed by atoms with E-state index in [0.29, 0.717) is 21.0 Å². The monoisotopic (exact) mass is 296 g/mol. The summed E-state index contributed by atoms with van der Waals surface area (Å²) in [7, 11) is 2.87. The van der Waals surface area contributed by atoms with Gasteiger partial charge in [-0.05, 0) is 17.9 Å². The van der Waals surface area contributed by atoms with Crippen LogP contribution in [0.4, 0.5) is 0 Å². The number of aromatic amines is 1. The standard InChI is InChI=1S/C12H12N2O3S2/c1-6-4-19-10(12(15)17-3)7(6)8-9(16-2)11(18)14-5-13-8/h4-5H,1-3H3,(H,13,14,18). The molecule has 0 radical (unpaired) electrons. The van der Waals surface area contributed by atoms with E-state index in [1.54, 1.807) is 0 Å². The molecule has 0 aromatic carbocycles. The molecule has 0 aliphatic carbocycles. The molecule has 0 aliphatic rings. The summed E-state index contributed by atoms with van der Waals surface area (Å²) in [6.45, 7) is 1.91. The van der Waals surface area contributed by atoms with Gasteiger partial charge in [-0.3, -0.25) is 0 Å². The lowest BCUT2D eigenvalue weighted by molar-refractivity contribution is 0.0607. The highest BCUT2D eigenvalue weighted by Gasteiger charge is 2.21. The molecule has 0 amide bonds. The largest absolute Gasteiger partial charge is 0.491 e. The number of aryl methyl sites for hydroxylation is 1. The number of hydrogen-bond donors (Lipinski definition) is 1. The maximum absolute atomic E-state index is 11.8. The van der Waals surface area contributed by atoms with Gasteiger partial charge in [0.2, 0.25) is 0 Å². The smallest absolute Gasteiger partial charge is 0.348 e. The number of rotatable bonds is 3. The molecule has 0 fully saturated rings. The van der Waals surface area contributed by atoms with Crippen LogP contribution in [0.2, 0.25) is 0 Å². The van der Waals surface area contributed by atoms with E-state index in [0.717, 1.165) is 11.1 Å². The Hall–Kier alpha value is -1.73. The van der Waals surface area contributed by atoms with Crippen molar-refractivity contribution in [2.45, 2.75) is 6.92 Å². The molecule has 2 rings (SSSR count). The highest BCUT2D eigenvalue weighted by atomic mass is 32.1. The number of hydrogen-bond acceptors (Lipinski definition) is 6. The minimum Gasteiger partial charge on any atom is -0.491 e. The number of thiophene rings is 1. The predicted molar refractivity (Wildman–Crippen MR) is 75.4 cm³/mol. The number of esters is 1. The highest BCUT2D eigenvalue weighted by Crippen LogP contribution is 2.36. The molecule has 2 heterocycles. The van der Waals surface area contributed by atoms with Gasteiger partial charge in [-0.2, -0.15) is 0 Å². The van der Waals surface area contributed by atoms with Crippen molar-refractivity contribution in [1.82, 2.24) is 9.97 Å². The first-order valence-electron chi connectivity index (χ1n) is 5.38. The predicted octanol–water partition coefficient (Wildman–Crippen LogP) is 2.97. The van der Waals surface area contributed by atoms with E-state index in [4.69, 9.17) is 21.7 Å². The molecule has 2 aromatic heterocycles. The zero-order chi connectivity index (χ0) is 14.0. The molecule has 1 N–H and O–H groups in total. The maximum atomic E-state index is 11.8. The van der Waals surface area contributed by atoms with Crippen molar-refractivity contribution in [3.05, 3.63) is 26.8 Å². The molecule has 19 heavy (non-hydrogen) atoms. The van der Waals surface area contributed by atoms with Crippen LogP contribution in [0, 0.1) is 11.6 Å². The van der Waals surface area contributed by atoms with E-state index in [-0.39, 0.29) is 5.97 Å². The summed E-state index contributed by atoms with van der Waals surface area (Å²) in [5.41, 5.74) is 2.32. The van der Waals surface area contributed by atoms with Crippen molar-refractivity contribution in [2.75, 3.05) is 14.2 Å². The Morgan fingerprint density at radius 1 is 1.47 bits per heavy atom. The van der Waals surface area contributed by atoms with Gasteiger partial charge in [0, 0.05) is 5.56 Å². The minimum atomic E-state index is -0.383. The number of carbonyl (C=O) groups excluding carboxylic acids is 1. The summed E-state index contributed by atoms with van der Waals surface area (Å²) in [5.74, 6) is 0.0652. The second-order valence-electron chi connectivity index (χ2n) is 3.73. The zero-order valence-electron chi connectivity index (χ0n) is 10.6. The summed E-state index contributed by atoms with van der Waals surface area (Å²) >= 11 is 6.45. The van der Waals surface area contributed by atoms with Crippen molar-refractivity contribution in [1.29, 1.82) is 0 Å².